The fraction of sp³-hybridized carbons (Fsp3) is 0.133. The van der Waals surface area contributed by atoms with E-state index in [4.69, 9.17) is 11.0 Å². The molecule has 2 aromatic rings. The van der Waals surface area contributed by atoms with Crippen molar-refractivity contribution in [3.63, 3.8) is 0 Å². The van der Waals surface area contributed by atoms with E-state index in [-0.39, 0.29) is 4.90 Å². The maximum atomic E-state index is 12.4. The van der Waals surface area contributed by atoms with E-state index in [1.807, 2.05) is 6.07 Å². The predicted octanol–water partition coefficient (Wildman–Crippen LogP) is 2.56. The topological polar surface area (TPSA) is 96.0 Å². The highest BCUT2D eigenvalue weighted by atomic mass is 32.2. The predicted molar refractivity (Wildman–Crippen MR) is 82.3 cm³/mol. The Bertz CT molecular complexity index is 836. The molecule has 0 heterocycles. The van der Waals surface area contributed by atoms with Crippen LogP contribution in [-0.4, -0.2) is 8.42 Å². The summed E-state index contributed by atoms with van der Waals surface area (Å²) in [5.74, 6) is 0. The molecule has 5 nitrogen and oxygen atoms in total. The van der Waals surface area contributed by atoms with Gasteiger partial charge in [0.05, 0.1) is 22.2 Å². The molecule has 0 amide bonds. The first kappa shape index (κ1) is 14.9. The van der Waals surface area contributed by atoms with Crippen LogP contribution in [0.15, 0.2) is 41.3 Å². The lowest BCUT2D eigenvalue weighted by atomic mass is 10.1. The maximum absolute atomic E-state index is 12.4. The summed E-state index contributed by atoms with van der Waals surface area (Å²) in [5.41, 5.74) is 8.55. The number of sulfonamides is 1. The average Bonchev–Trinajstić information content (AvgIpc) is 2.48. The van der Waals surface area contributed by atoms with Gasteiger partial charge in [0.2, 0.25) is 0 Å². The third-order valence-corrected chi connectivity index (χ3v) is 4.57. The molecule has 0 atom stereocenters. The summed E-state index contributed by atoms with van der Waals surface area (Å²) in [6.07, 6.45) is 0. The van der Waals surface area contributed by atoms with Crippen LogP contribution in [0.5, 0.6) is 0 Å². The van der Waals surface area contributed by atoms with E-state index < -0.39 is 10.0 Å². The third-order valence-electron chi connectivity index (χ3n) is 3.23. The van der Waals surface area contributed by atoms with E-state index in [1.165, 1.54) is 18.2 Å². The number of aryl methyl sites for hydroxylation is 1. The first-order chi connectivity index (χ1) is 9.85. The van der Waals surface area contributed by atoms with Crippen LogP contribution >= 0.6 is 0 Å². The van der Waals surface area contributed by atoms with Crippen molar-refractivity contribution >= 4 is 21.4 Å². The summed E-state index contributed by atoms with van der Waals surface area (Å²) >= 11 is 0. The molecule has 0 radical (unpaired) electrons. The van der Waals surface area contributed by atoms with E-state index in [0.717, 1.165) is 5.56 Å². The van der Waals surface area contributed by atoms with Crippen LogP contribution in [-0.2, 0) is 10.0 Å². The molecule has 3 N–H and O–H groups in total. The molecule has 0 spiro atoms. The number of rotatable bonds is 3. The van der Waals surface area contributed by atoms with Gasteiger partial charge in [-0.15, -0.1) is 0 Å². The highest BCUT2D eigenvalue weighted by molar-refractivity contribution is 7.92. The minimum Gasteiger partial charge on any atom is -0.398 e. The van der Waals surface area contributed by atoms with E-state index in [1.54, 1.807) is 32.0 Å². The quantitative estimate of drug-likeness (QED) is 0.851. The van der Waals surface area contributed by atoms with E-state index in [0.29, 0.717) is 22.5 Å². The minimum atomic E-state index is -3.76. The van der Waals surface area contributed by atoms with Gasteiger partial charge in [0.25, 0.3) is 10.0 Å². The van der Waals surface area contributed by atoms with Crippen molar-refractivity contribution in [2.75, 3.05) is 10.5 Å². The van der Waals surface area contributed by atoms with Gasteiger partial charge in [-0.1, -0.05) is 12.1 Å². The third kappa shape index (κ3) is 2.98. The number of hydrogen-bond acceptors (Lipinski definition) is 4. The Labute approximate surface area is 124 Å². The van der Waals surface area contributed by atoms with Crippen molar-refractivity contribution in [2.24, 2.45) is 0 Å². The first-order valence-corrected chi connectivity index (χ1v) is 7.72. The van der Waals surface area contributed by atoms with Crippen molar-refractivity contribution in [1.29, 1.82) is 5.26 Å². The summed E-state index contributed by atoms with van der Waals surface area (Å²) in [6, 6.07) is 11.3. The fourth-order valence-corrected chi connectivity index (χ4v) is 3.19. The molecular formula is C15H15N3O2S. The van der Waals surface area contributed by atoms with Crippen LogP contribution in [0, 0.1) is 25.2 Å². The number of benzene rings is 2. The van der Waals surface area contributed by atoms with Gasteiger partial charge in [-0.25, -0.2) is 8.42 Å². The average molecular weight is 301 g/mol. The number of nitrogens with one attached hydrogen (secondary N) is 1. The summed E-state index contributed by atoms with van der Waals surface area (Å²) in [4.78, 5) is 0.0442. The lowest BCUT2D eigenvalue weighted by Crippen LogP contribution is -2.15. The summed E-state index contributed by atoms with van der Waals surface area (Å²) < 4.78 is 27.4. The smallest absolute Gasteiger partial charge is 0.261 e. The van der Waals surface area contributed by atoms with Gasteiger partial charge in [-0.2, -0.15) is 5.26 Å². The molecule has 0 unspecified atom stereocenters. The Morgan fingerprint density at radius 2 is 1.90 bits per heavy atom. The molecule has 0 saturated heterocycles. The number of nitrogens with two attached hydrogens (primary N) is 1. The van der Waals surface area contributed by atoms with Crippen molar-refractivity contribution in [3.05, 3.63) is 53.1 Å². The van der Waals surface area contributed by atoms with Crippen molar-refractivity contribution < 1.29 is 8.42 Å². The lowest BCUT2D eigenvalue weighted by molar-refractivity contribution is 0.601. The molecule has 21 heavy (non-hydrogen) atoms. The fourth-order valence-electron chi connectivity index (χ4n) is 1.95. The minimum absolute atomic E-state index is 0.0442. The molecule has 2 aromatic carbocycles. The number of nitrogen functional groups attached to an aromatic ring is 1. The number of nitrogens with zero attached hydrogens (tertiary/aromatic N) is 1. The van der Waals surface area contributed by atoms with E-state index in [9.17, 15) is 8.42 Å². The van der Waals surface area contributed by atoms with Crippen LogP contribution in [0.4, 0.5) is 11.4 Å². The molecule has 0 aliphatic rings. The highest BCUT2D eigenvalue weighted by Crippen LogP contribution is 2.27. The summed E-state index contributed by atoms with van der Waals surface area (Å²) in [5, 5.41) is 8.86. The maximum Gasteiger partial charge on any atom is 0.261 e. The van der Waals surface area contributed by atoms with Gasteiger partial charge < -0.3 is 5.73 Å². The molecule has 0 saturated carbocycles. The Hall–Kier alpha value is -2.52. The second-order valence-corrected chi connectivity index (χ2v) is 6.40. The largest absolute Gasteiger partial charge is 0.398 e. The Kier molecular flexibility index (Phi) is 3.87. The monoisotopic (exact) mass is 301 g/mol. The molecule has 2 rings (SSSR count). The highest BCUT2D eigenvalue weighted by Gasteiger charge is 2.17. The SMILES string of the molecule is Cc1ccc(N)c(C)c1NS(=O)(=O)c1cccc(C#N)c1. The van der Waals surface area contributed by atoms with Crippen LogP contribution < -0.4 is 10.5 Å². The number of nitriles is 1. The van der Waals surface area contributed by atoms with Gasteiger partial charge in [0.15, 0.2) is 0 Å². The molecular weight excluding hydrogens is 286 g/mol. The summed E-state index contributed by atoms with van der Waals surface area (Å²) in [6.45, 7) is 3.56. The van der Waals surface area contributed by atoms with Gasteiger partial charge in [-0.05, 0) is 49.2 Å². The van der Waals surface area contributed by atoms with Gasteiger partial charge in [0.1, 0.15) is 0 Å². The summed E-state index contributed by atoms with van der Waals surface area (Å²) in [7, 11) is -3.76. The first-order valence-electron chi connectivity index (χ1n) is 6.24. The van der Waals surface area contributed by atoms with Crippen molar-refractivity contribution in [3.8, 4) is 6.07 Å². The molecule has 0 fully saturated rings. The molecule has 0 bridgehead atoms. The molecule has 6 heteroatoms. The zero-order valence-corrected chi connectivity index (χ0v) is 12.5. The normalized spacial score (nSPS) is 10.9. The van der Waals surface area contributed by atoms with Crippen LogP contribution in [0.25, 0.3) is 0 Å². The molecule has 108 valence electrons. The van der Waals surface area contributed by atoms with Gasteiger partial charge in [0, 0.05) is 5.69 Å². The zero-order chi connectivity index (χ0) is 15.6. The van der Waals surface area contributed by atoms with Crippen molar-refractivity contribution in [1.82, 2.24) is 0 Å². The lowest BCUT2D eigenvalue weighted by Gasteiger charge is -2.15. The standard InChI is InChI=1S/C15H15N3O2S/c1-10-6-7-14(17)11(2)15(10)18-21(19,20)13-5-3-4-12(8-13)9-16/h3-8,18H,17H2,1-2H3. The number of hydrogen-bond donors (Lipinski definition) is 2. The van der Waals surface area contributed by atoms with E-state index >= 15 is 0 Å². The van der Waals surface area contributed by atoms with Gasteiger partial charge >= 0.3 is 0 Å². The Balaban J connectivity index is 2.48. The van der Waals surface area contributed by atoms with Crippen LogP contribution in [0.3, 0.4) is 0 Å². The Morgan fingerprint density at radius 1 is 1.19 bits per heavy atom. The second-order valence-electron chi connectivity index (χ2n) is 4.72. The van der Waals surface area contributed by atoms with E-state index in [2.05, 4.69) is 4.72 Å². The van der Waals surface area contributed by atoms with Crippen LogP contribution in [0.1, 0.15) is 16.7 Å². The molecule has 0 aromatic heterocycles. The zero-order valence-electron chi connectivity index (χ0n) is 11.7. The number of anilines is 2. The van der Waals surface area contributed by atoms with Crippen molar-refractivity contribution in [2.45, 2.75) is 18.7 Å². The Morgan fingerprint density at radius 3 is 2.57 bits per heavy atom. The van der Waals surface area contributed by atoms with Gasteiger partial charge in [-0.3, -0.25) is 4.72 Å². The second kappa shape index (κ2) is 5.46. The molecule has 0 aliphatic heterocycles. The molecule has 0 aliphatic carbocycles. The van der Waals surface area contributed by atoms with Crippen LogP contribution in [0.2, 0.25) is 0 Å².